The van der Waals surface area contributed by atoms with Crippen LogP contribution >= 0.6 is 0 Å². The summed E-state index contributed by atoms with van der Waals surface area (Å²) in [7, 11) is 0. The molecule has 0 amide bonds. The van der Waals surface area contributed by atoms with Crippen molar-refractivity contribution in [3.8, 4) is 0 Å². The zero-order chi connectivity index (χ0) is 14.5. The molecule has 1 fully saturated rings. The van der Waals surface area contributed by atoms with Gasteiger partial charge in [-0.15, -0.1) is 0 Å². The van der Waals surface area contributed by atoms with E-state index in [0.717, 1.165) is 11.5 Å². The molecule has 1 aliphatic carbocycles. The van der Waals surface area contributed by atoms with E-state index in [0.29, 0.717) is 11.5 Å². The smallest absolute Gasteiger partial charge is 0.126 e. The molecule has 112 valence electrons. The summed E-state index contributed by atoms with van der Waals surface area (Å²) in [6.45, 7) is 4.05. The number of benzene rings is 1. The predicted octanol–water partition coefficient (Wildman–Crippen LogP) is 5.13. The third-order valence-corrected chi connectivity index (χ3v) is 4.95. The molecule has 20 heavy (non-hydrogen) atoms. The molecule has 1 nitrogen and oxygen atoms in total. The molecule has 1 aromatic carbocycles. The van der Waals surface area contributed by atoms with E-state index in [4.69, 9.17) is 5.73 Å². The van der Waals surface area contributed by atoms with Crippen LogP contribution in [0.25, 0.3) is 0 Å². The first-order valence-electron chi connectivity index (χ1n) is 8.13. The van der Waals surface area contributed by atoms with Crippen molar-refractivity contribution in [2.45, 2.75) is 64.8 Å². The maximum atomic E-state index is 13.7. The van der Waals surface area contributed by atoms with Gasteiger partial charge in [0.15, 0.2) is 0 Å². The third-order valence-electron chi connectivity index (χ3n) is 4.95. The van der Waals surface area contributed by atoms with Crippen LogP contribution in [-0.2, 0) is 0 Å². The van der Waals surface area contributed by atoms with Gasteiger partial charge in [-0.3, -0.25) is 0 Å². The van der Waals surface area contributed by atoms with Gasteiger partial charge < -0.3 is 5.73 Å². The fourth-order valence-electron chi connectivity index (χ4n) is 3.42. The first-order chi connectivity index (χ1) is 9.61. The molecule has 1 saturated carbocycles. The van der Waals surface area contributed by atoms with Crippen LogP contribution in [0.1, 0.15) is 69.0 Å². The molecule has 2 heteroatoms. The summed E-state index contributed by atoms with van der Waals surface area (Å²) in [6.07, 6.45) is 9.01. The van der Waals surface area contributed by atoms with Gasteiger partial charge in [0.1, 0.15) is 5.82 Å². The second-order valence-electron chi connectivity index (χ2n) is 6.46. The maximum absolute atomic E-state index is 13.7. The lowest BCUT2D eigenvalue weighted by Gasteiger charge is -2.32. The minimum atomic E-state index is -0.130. The van der Waals surface area contributed by atoms with E-state index in [1.165, 1.54) is 44.9 Å². The molecule has 0 spiro atoms. The SMILES string of the molecule is CCCCC1CCC(C(N)c2ccc(C)c(F)c2)CC1. The van der Waals surface area contributed by atoms with Gasteiger partial charge >= 0.3 is 0 Å². The van der Waals surface area contributed by atoms with Crippen molar-refractivity contribution in [3.63, 3.8) is 0 Å². The number of nitrogens with two attached hydrogens (primary N) is 1. The fourth-order valence-corrected chi connectivity index (χ4v) is 3.42. The highest BCUT2D eigenvalue weighted by molar-refractivity contribution is 5.26. The largest absolute Gasteiger partial charge is 0.324 e. The highest BCUT2D eigenvalue weighted by atomic mass is 19.1. The Morgan fingerprint density at radius 3 is 2.55 bits per heavy atom. The molecule has 1 atom stereocenters. The summed E-state index contributed by atoms with van der Waals surface area (Å²) in [5.74, 6) is 1.29. The first kappa shape index (κ1) is 15.5. The lowest BCUT2D eigenvalue weighted by Crippen LogP contribution is -2.26. The van der Waals surface area contributed by atoms with Gasteiger partial charge in [-0.05, 0) is 48.8 Å². The van der Waals surface area contributed by atoms with Crippen LogP contribution in [-0.4, -0.2) is 0 Å². The van der Waals surface area contributed by atoms with Crippen LogP contribution in [0.4, 0.5) is 4.39 Å². The second kappa shape index (κ2) is 7.21. The standard InChI is InChI=1S/C18H28FN/c1-3-4-5-14-7-10-15(11-8-14)18(20)16-9-6-13(2)17(19)12-16/h6,9,12,14-15,18H,3-5,7-8,10-11,20H2,1-2H3. The quantitative estimate of drug-likeness (QED) is 0.793. The average Bonchev–Trinajstić information content (AvgIpc) is 2.48. The van der Waals surface area contributed by atoms with E-state index >= 15 is 0 Å². The van der Waals surface area contributed by atoms with Crippen LogP contribution in [0.2, 0.25) is 0 Å². The molecule has 1 aliphatic rings. The van der Waals surface area contributed by atoms with E-state index in [9.17, 15) is 4.39 Å². The minimum absolute atomic E-state index is 0.00257. The summed E-state index contributed by atoms with van der Waals surface area (Å²) in [6, 6.07) is 5.46. The lowest BCUT2D eigenvalue weighted by molar-refractivity contribution is 0.232. The van der Waals surface area contributed by atoms with Crippen molar-refractivity contribution in [2.24, 2.45) is 17.6 Å². The second-order valence-corrected chi connectivity index (χ2v) is 6.46. The normalized spacial score (nSPS) is 24.6. The fraction of sp³-hybridized carbons (Fsp3) is 0.667. The number of hydrogen-bond acceptors (Lipinski definition) is 1. The van der Waals surface area contributed by atoms with E-state index in [-0.39, 0.29) is 11.9 Å². The Labute approximate surface area is 122 Å². The van der Waals surface area contributed by atoms with Crippen molar-refractivity contribution in [1.29, 1.82) is 0 Å². The molecule has 0 aliphatic heterocycles. The zero-order valence-corrected chi connectivity index (χ0v) is 12.9. The Morgan fingerprint density at radius 1 is 1.25 bits per heavy atom. The van der Waals surface area contributed by atoms with E-state index < -0.39 is 0 Å². The van der Waals surface area contributed by atoms with E-state index in [1.807, 2.05) is 12.1 Å². The van der Waals surface area contributed by atoms with Crippen LogP contribution < -0.4 is 5.73 Å². The molecule has 2 rings (SSSR count). The molecule has 1 aromatic rings. The molecule has 0 heterocycles. The van der Waals surface area contributed by atoms with Crippen molar-refractivity contribution >= 4 is 0 Å². The molecule has 0 bridgehead atoms. The summed E-state index contributed by atoms with van der Waals surface area (Å²) >= 11 is 0. The van der Waals surface area contributed by atoms with Crippen molar-refractivity contribution in [3.05, 3.63) is 35.1 Å². The summed E-state index contributed by atoms with van der Waals surface area (Å²) < 4.78 is 13.7. The van der Waals surface area contributed by atoms with Gasteiger partial charge in [0, 0.05) is 6.04 Å². The molecular weight excluding hydrogens is 249 g/mol. The monoisotopic (exact) mass is 277 g/mol. The van der Waals surface area contributed by atoms with Gasteiger partial charge in [0.25, 0.3) is 0 Å². The van der Waals surface area contributed by atoms with Gasteiger partial charge in [0.2, 0.25) is 0 Å². The Hall–Kier alpha value is -0.890. The molecule has 2 N–H and O–H groups in total. The lowest BCUT2D eigenvalue weighted by atomic mass is 9.75. The zero-order valence-electron chi connectivity index (χ0n) is 12.9. The highest BCUT2D eigenvalue weighted by Gasteiger charge is 2.26. The summed E-state index contributed by atoms with van der Waals surface area (Å²) in [5, 5.41) is 0. The van der Waals surface area contributed by atoms with Gasteiger partial charge in [-0.1, -0.05) is 51.2 Å². The number of aryl methyl sites for hydroxylation is 1. The third kappa shape index (κ3) is 3.82. The highest BCUT2D eigenvalue weighted by Crippen LogP contribution is 2.37. The molecule has 0 saturated heterocycles. The average molecular weight is 277 g/mol. The minimum Gasteiger partial charge on any atom is -0.324 e. The van der Waals surface area contributed by atoms with Crippen LogP contribution in [0.3, 0.4) is 0 Å². The van der Waals surface area contributed by atoms with Crippen molar-refractivity contribution in [1.82, 2.24) is 0 Å². The topological polar surface area (TPSA) is 26.0 Å². The summed E-state index contributed by atoms with van der Waals surface area (Å²) in [4.78, 5) is 0. The van der Waals surface area contributed by atoms with Gasteiger partial charge in [-0.2, -0.15) is 0 Å². The Morgan fingerprint density at radius 2 is 1.95 bits per heavy atom. The molecular formula is C18H28FN. The number of halogens is 1. The maximum Gasteiger partial charge on any atom is 0.126 e. The van der Waals surface area contributed by atoms with Crippen LogP contribution in [0, 0.1) is 24.6 Å². The number of hydrogen-bond donors (Lipinski definition) is 1. The van der Waals surface area contributed by atoms with E-state index in [2.05, 4.69) is 6.92 Å². The van der Waals surface area contributed by atoms with Crippen LogP contribution in [0.5, 0.6) is 0 Å². The van der Waals surface area contributed by atoms with Crippen molar-refractivity contribution in [2.75, 3.05) is 0 Å². The van der Waals surface area contributed by atoms with Gasteiger partial charge in [-0.25, -0.2) is 4.39 Å². The number of rotatable bonds is 5. The predicted molar refractivity (Wildman–Crippen MR) is 83.0 cm³/mol. The molecule has 0 radical (unpaired) electrons. The Kier molecular flexibility index (Phi) is 5.59. The van der Waals surface area contributed by atoms with Crippen LogP contribution in [0.15, 0.2) is 18.2 Å². The first-order valence-corrected chi connectivity index (χ1v) is 8.13. The molecule has 1 unspecified atom stereocenters. The Balaban J connectivity index is 1.91. The molecule has 0 aromatic heterocycles. The summed E-state index contributed by atoms with van der Waals surface area (Å²) in [5.41, 5.74) is 8.03. The van der Waals surface area contributed by atoms with Crippen molar-refractivity contribution < 1.29 is 4.39 Å². The van der Waals surface area contributed by atoms with E-state index in [1.54, 1.807) is 13.0 Å². The van der Waals surface area contributed by atoms with Gasteiger partial charge in [0.05, 0.1) is 0 Å². The number of unbranched alkanes of at least 4 members (excludes halogenated alkanes) is 1. The Bertz CT molecular complexity index is 421.